The van der Waals surface area contributed by atoms with Crippen molar-refractivity contribution in [1.82, 2.24) is 0 Å². The molecule has 0 unspecified atom stereocenters. The zero-order valence-corrected chi connectivity index (χ0v) is 29.3. The van der Waals surface area contributed by atoms with E-state index in [9.17, 15) is 14.7 Å². The van der Waals surface area contributed by atoms with Crippen LogP contribution in [0.3, 0.4) is 0 Å². The molecule has 6 heteroatoms. The number of nitrogens with zero attached hydrogens (tertiary/aromatic N) is 2. The zero-order valence-electron chi connectivity index (χ0n) is 29.3. The number of esters is 1. The largest absolute Gasteiger partial charge is 0.481 e. The fourth-order valence-corrected chi connectivity index (χ4v) is 12.9. The van der Waals surface area contributed by atoms with Crippen molar-refractivity contribution in [3.8, 4) is 0 Å². The van der Waals surface area contributed by atoms with E-state index in [-0.39, 0.29) is 46.2 Å². The molecule has 10 atom stereocenters. The highest BCUT2D eigenvalue weighted by Crippen LogP contribution is 2.77. The van der Waals surface area contributed by atoms with E-state index in [2.05, 4.69) is 53.0 Å². The van der Waals surface area contributed by atoms with Crippen LogP contribution in [0.15, 0.2) is 36.7 Å². The van der Waals surface area contributed by atoms with Crippen LogP contribution < -0.4 is 9.47 Å². The predicted octanol–water partition coefficient (Wildman–Crippen LogP) is 7.69. The number of hydrogen-bond donors (Lipinski definition) is 1. The zero-order chi connectivity index (χ0) is 32.7. The van der Waals surface area contributed by atoms with Gasteiger partial charge in [0.15, 0.2) is 12.4 Å². The van der Waals surface area contributed by atoms with Gasteiger partial charge in [-0.2, -0.15) is 4.57 Å². The number of carbonyl (C=O) groups excluding carboxylic acids is 1. The molecule has 1 aromatic heterocycles. The standard InChI is InChI=1S/C39H58N2O4/c1-25(2)27-12-19-39(34(43)44)21-20-37(6)28(33(27)39)10-11-30-36(5)17-14-31(35(3,4)29(36)13-18-38(30,37)7)45-32(42)24-41-22-15-26(16-23-41)40(8)9/h15-16,22-23,27-31,33H,1,10-14,17-21,24H2,2-9H3/p+1/t27-,28+,29-,30+,31-,33+,36-,37+,38+,39-/m0/s1. The Bertz CT molecular complexity index is 1350. The third-order valence-corrected chi connectivity index (χ3v) is 15.4. The van der Waals surface area contributed by atoms with Crippen molar-refractivity contribution in [3.63, 3.8) is 0 Å². The number of pyridine rings is 1. The van der Waals surface area contributed by atoms with Gasteiger partial charge in [0, 0.05) is 37.3 Å². The molecular formula is C39H59N2O4+. The first kappa shape index (κ1) is 32.6. The molecule has 0 amide bonds. The van der Waals surface area contributed by atoms with Crippen LogP contribution in [0.1, 0.15) is 106 Å². The topological polar surface area (TPSA) is 70.7 Å². The molecule has 0 aromatic carbocycles. The summed E-state index contributed by atoms with van der Waals surface area (Å²) in [7, 11) is 4.03. The molecule has 6 rings (SSSR count). The molecule has 248 valence electrons. The lowest BCUT2D eigenvalue weighted by atomic mass is 9.32. The van der Waals surface area contributed by atoms with Crippen molar-refractivity contribution >= 4 is 17.6 Å². The fourth-order valence-electron chi connectivity index (χ4n) is 12.9. The van der Waals surface area contributed by atoms with Crippen molar-refractivity contribution in [2.75, 3.05) is 19.0 Å². The maximum Gasteiger partial charge on any atom is 0.372 e. The molecule has 5 fully saturated rings. The maximum absolute atomic E-state index is 13.2. The van der Waals surface area contributed by atoms with E-state index in [1.165, 1.54) is 18.4 Å². The number of aliphatic carboxylic acids is 1. The summed E-state index contributed by atoms with van der Waals surface area (Å²) in [5.74, 6) is 1.33. The van der Waals surface area contributed by atoms with Gasteiger partial charge in [-0.05, 0) is 117 Å². The van der Waals surface area contributed by atoms with Crippen LogP contribution in [0.5, 0.6) is 0 Å². The van der Waals surface area contributed by atoms with Gasteiger partial charge in [0.05, 0.1) is 5.41 Å². The number of hydrogen-bond acceptors (Lipinski definition) is 4. The lowest BCUT2D eigenvalue weighted by Gasteiger charge is -2.72. The van der Waals surface area contributed by atoms with Gasteiger partial charge in [-0.25, -0.2) is 4.79 Å². The molecule has 0 bridgehead atoms. The van der Waals surface area contributed by atoms with Crippen LogP contribution in [0.25, 0.3) is 0 Å². The highest BCUT2D eigenvalue weighted by Gasteiger charge is 2.72. The number of carboxylic acid groups (broad SMARTS) is 1. The molecule has 5 saturated carbocycles. The predicted molar refractivity (Wildman–Crippen MR) is 177 cm³/mol. The van der Waals surface area contributed by atoms with Crippen molar-refractivity contribution in [2.24, 2.45) is 56.7 Å². The first-order chi connectivity index (χ1) is 21.0. The van der Waals surface area contributed by atoms with E-state index in [0.717, 1.165) is 57.1 Å². The van der Waals surface area contributed by atoms with Gasteiger partial charge in [0.25, 0.3) is 0 Å². The average Bonchev–Trinajstić information content (AvgIpc) is 3.37. The summed E-state index contributed by atoms with van der Waals surface area (Å²) >= 11 is 0. The molecule has 0 radical (unpaired) electrons. The van der Waals surface area contributed by atoms with Crippen molar-refractivity contribution in [2.45, 2.75) is 118 Å². The second-order valence-corrected chi connectivity index (χ2v) is 17.6. The third kappa shape index (κ3) is 4.65. The van der Waals surface area contributed by atoms with Crippen LogP contribution in [-0.4, -0.2) is 37.2 Å². The molecule has 45 heavy (non-hydrogen) atoms. The molecule has 5 aliphatic carbocycles. The van der Waals surface area contributed by atoms with Crippen LogP contribution in [-0.2, 0) is 20.9 Å². The van der Waals surface area contributed by atoms with E-state index < -0.39 is 11.4 Å². The first-order valence-corrected chi connectivity index (χ1v) is 17.8. The van der Waals surface area contributed by atoms with Gasteiger partial charge >= 0.3 is 11.9 Å². The number of allylic oxidation sites excluding steroid dienone is 1. The minimum Gasteiger partial charge on any atom is -0.481 e. The van der Waals surface area contributed by atoms with Crippen LogP contribution in [0, 0.1) is 56.7 Å². The maximum atomic E-state index is 13.2. The number of ether oxygens (including phenoxy) is 1. The molecule has 0 saturated heterocycles. The Hall–Kier alpha value is -2.37. The Morgan fingerprint density at radius 2 is 1.60 bits per heavy atom. The van der Waals surface area contributed by atoms with Crippen LogP contribution >= 0.6 is 0 Å². The van der Waals surface area contributed by atoms with E-state index in [4.69, 9.17) is 4.74 Å². The second kappa shape index (κ2) is 10.8. The number of fused-ring (bicyclic) bond motifs is 7. The average molecular weight is 620 g/mol. The van der Waals surface area contributed by atoms with Crippen LogP contribution in [0.4, 0.5) is 5.69 Å². The molecule has 0 spiro atoms. The van der Waals surface area contributed by atoms with Crippen molar-refractivity contribution in [1.29, 1.82) is 0 Å². The quantitative estimate of drug-likeness (QED) is 0.201. The number of anilines is 1. The van der Waals surface area contributed by atoms with E-state index in [0.29, 0.717) is 23.7 Å². The van der Waals surface area contributed by atoms with Gasteiger partial charge in [-0.1, -0.05) is 46.8 Å². The molecule has 0 aliphatic heterocycles. The molecule has 5 aliphatic rings. The van der Waals surface area contributed by atoms with Gasteiger partial charge in [0.1, 0.15) is 6.10 Å². The lowest BCUT2D eigenvalue weighted by molar-refractivity contribution is -0.686. The summed E-state index contributed by atoms with van der Waals surface area (Å²) in [6.07, 6.45) is 14.1. The second-order valence-electron chi connectivity index (χ2n) is 17.6. The fraction of sp³-hybridized carbons (Fsp3) is 0.769. The third-order valence-electron chi connectivity index (χ3n) is 15.4. The monoisotopic (exact) mass is 619 g/mol. The summed E-state index contributed by atoms with van der Waals surface area (Å²) in [6.45, 7) is 19.2. The minimum absolute atomic E-state index is 0.0818. The molecule has 1 aromatic rings. The van der Waals surface area contributed by atoms with Gasteiger partial charge in [0.2, 0.25) is 6.54 Å². The Kier molecular flexibility index (Phi) is 7.84. The van der Waals surface area contributed by atoms with Crippen LogP contribution in [0.2, 0.25) is 0 Å². The molecule has 6 nitrogen and oxygen atoms in total. The van der Waals surface area contributed by atoms with Crippen molar-refractivity contribution in [3.05, 3.63) is 36.7 Å². The summed E-state index contributed by atoms with van der Waals surface area (Å²) in [4.78, 5) is 28.3. The Balaban J connectivity index is 1.22. The van der Waals surface area contributed by atoms with Gasteiger partial charge in [-0.3, -0.25) is 4.79 Å². The summed E-state index contributed by atoms with van der Waals surface area (Å²) in [6, 6.07) is 4.05. The SMILES string of the molecule is C=C(C)[C@@H]1CC[C@]2(C(=O)O)CC[C@]3(C)[C@H](CC[C@@H]4[C@@]5(C)CC[C@H](OC(=O)C[n+]6ccc(N(C)C)cc6)C(C)(C)[C@@H]5CC[C@]43C)[C@@H]12. The summed E-state index contributed by atoms with van der Waals surface area (Å²) in [5, 5.41) is 10.7. The van der Waals surface area contributed by atoms with E-state index in [1.807, 2.05) is 43.2 Å². The summed E-state index contributed by atoms with van der Waals surface area (Å²) in [5.41, 5.74) is 2.08. The normalized spacial score (nSPS) is 43.2. The van der Waals surface area contributed by atoms with Crippen molar-refractivity contribution < 1.29 is 24.0 Å². The molecule has 1 heterocycles. The first-order valence-electron chi connectivity index (χ1n) is 17.8. The smallest absolute Gasteiger partial charge is 0.372 e. The lowest BCUT2D eigenvalue weighted by Crippen LogP contribution is -2.67. The van der Waals surface area contributed by atoms with E-state index >= 15 is 0 Å². The Labute approximate surface area is 272 Å². The molecular weight excluding hydrogens is 560 g/mol. The van der Waals surface area contributed by atoms with E-state index in [1.54, 1.807) is 0 Å². The number of carboxylic acids is 1. The number of carbonyl (C=O) groups is 2. The molecule has 1 N–H and O–H groups in total. The minimum atomic E-state index is -0.575. The number of aromatic nitrogens is 1. The van der Waals surface area contributed by atoms with Gasteiger partial charge in [-0.15, -0.1) is 0 Å². The highest BCUT2D eigenvalue weighted by molar-refractivity contribution is 5.76. The Morgan fingerprint density at radius 3 is 2.22 bits per heavy atom. The van der Waals surface area contributed by atoms with Gasteiger partial charge < -0.3 is 14.7 Å². The summed E-state index contributed by atoms with van der Waals surface area (Å²) < 4.78 is 8.24. The number of rotatable bonds is 6. The highest BCUT2D eigenvalue weighted by atomic mass is 16.5. The Morgan fingerprint density at radius 1 is 0.911 bits per heavy atom.